The maximum absolute atomic E-state index is 13.6. The van der Waals surface area contributed by atoms with Crippen LogP contribution in [-0.2, 0) is 9.59 Å². The van der Waals surface area contributed by atoms with E-state index in [2.05, 4.69) is 5.32 Å². The molecular weight excluding hydrogens is 314 g/mol. The summed E-state index contributed by atoms with van der Waals surface area (Å²) < 4.78 is 27.2. The molecule has 1 aliphatic heterocycles. The number of amides is 2. The summed E-state index contributed by atoms with van der Waals surface area (Å²) in [6.07, 6.45) is 2.63. The Hall–Kier alpha value is -1.98. The fourth-order valence-corrected chi connectivity index (χ4v) is 3.10. The molecule has 1 saturated heterocycles. The Morgan fingerprint density at radius 3 is 2.21 bits per heavy atom. The summed E-state index contributed by atoms with van der Waals surface area (Å²) in [5, 5.41) is 2.34. The molecule has 4 nitrogen and oxygen atoms in total. The largest absolute Gasteiger partial charge is 0.342 e. The summed E-state index contributed by atoms with van der Waals surface area (Å²) in [5.74, 6) is -2.14. The standard InChI is InChI=1S/C18H24F2N2O2/c1-3-12(4-2)18(24)22-10-8-13(9-11-22)17(23)21-16-14(19)6-5-7-15(16)20/h5-7,12-13H,3-4,8-11H2,1-2H3,(H,21,23). The number of nitrogens with one attached hydrogen (secondary N) is 1. The van der Waals surface area contributed by atoms with Gasteiger partial charge in [0, 0.05) is 24.9 Å². The molecule has 0 saturated carbocycles. The highest BCUT2D eigenvalue weighted by Gasteiger charge is 2.30. The highest BCUT2D eigenvalue weighted by Crippen LogP contribution is 2.24. The number of halogens is 2. The minimum absolute atomic E-state index is 0.0305. The van der Waals surface area contributed by atoms with Gasteiger partial charge in [-0.25, -0.2) is 8.78 Å². The lowest BCUT2D eigenvalue weighted by molar-refractivity contribution is -0.138. The van der Waals surface area contributed by atoms with Gasteiger partial charge in [-0.1, -0.05) is 19.9 Å². The zero-order chi connectivity index (χ0) is 17.7. The maximum Gasteiger partial charge on any atom is 0.227 e. The molecule has 0 atom stereocenters. The molecule has 0 unspecified atom stereocenters. The van der Waals surface area contributed by atoms with Crippen LogP contribution in [0.2, 0.25) is 0 Å². The number of benzene rings is 1. The zero-order valence-corrected chi connectivity index (χ0v) is 14.1. The summed E-state index contributed by atoms with van der Waals surface area (Å²) in [6.45, 7) is 5.00. The lowest BCUT2D eigenvalue weighted by Crippen LogP contribution is -2.43. The monoisotopic (exact) mass is 338 g/mol. The van der Waals surface area contributed by atoms with Crippen molar-refractivity contribution in [2.45, 2.75) is 39.5 Å². The molecule has 1 aromatic rings. The minimum Gasteiger partial charge on any atom is -0.342 e. The third-order valence-electron chi connectivity index (χ3n) is 4.72. The summed E-state index contributed by atoms with van der Waals surface area (Å²) in [6, 6.07) is 3.47. The number of hydrogen-bond donors (Lipinski definition) is 1. The Balaban J connectivity index is 1.92. The van der Waals surface area contributed by atoms with Gasteiger partial charge in [-0.3, -0.25) is 9.59 Å². The SMILES string of the molecule is CCC(CC)C(=O)N1CCC(C(=O)Nc2c(F)cccc2F)CC1. The van der Waals surface area contributed by atoms with Gasteiger partial charge in [-0.2, -0.15) is 0 Å². The molecule has 1 heterocycles. The van der Waals surface area contributed by atoms with Crippen LogP contribution in [0.5, 0.6) is 0 Å². The molecule has 24 heavy (non-hydrogen) atoms. The van der Waals surface area contributed by atoms with E-state index in [1.165, 1.54) is 6.07 Å². The highest BCUT2D eigenvalue weighted by atomic mass is 19.1. The smallest absolute Gasteiger partial charge is 0.227 e. The van der Waals surface area contributed by atoms with Crippen LogP contribution in [-0.4, -0.2) is 29.8 Å². The van der Waals surface area contributed by atoms with Crippen LogP contribution >= 0.6 is 0 Å². The lowest BCUT2D eigenvalue weighted by atomic mass is 9.93. The van der Waals surface area contributed by atoms with Crippen molar-refractivity contribution in [1.29, 1.82) is 0 Å². The van der Waals surface area contributed by atoms with Gasteiger partial charge >= 0.3 is 0 Å². The molecular formula is C18H24F2N2O2. The van der Waals surface area contributed by atoms with Crippen molar-refractivity contribution in [3.8, 4) is 0 Å². The molecule has 0 bridgehead atoms. The van der Waals surface area contributed by atoms with Crippen LogP contribution in [0.3, 0.4) is 0 Å². The maximum atomic E-state index is 13.6. The minimum atomic E-state index is -0.787. The van der Waals surface area contributed by atoms with E-state index in [1.54, 1.807) is 4.90 Å². The number of carbonyl (C=O) groups excluding carboxylic acids is 2. The molecule has 132 valence electrons. The Bertz CT molecular complexity index is 574. The first-order valence-corrected chi connectivity index (χ1v) is 8.51. The Kier molecular flexibility index (Phi) is 6.29. The van der Waals surface area contributed by atoms with Crippen molar-refractivity contribution in [2.75, 3.05) is 18.4 Å². The first-order chi connectivity index (χ1) is 11.5. The average molecular weight is 338 g/mol. The van der Waals surface area contributed by atoms with E-state index >= 15 is 0 Å². The quantitative estimate of drug-likeness (QED) is 0.892. The van der Waals surface area contributed by atoms with Gasteiger partial charge in [0.2, 0.25) is 11.8 Å². The van der Waals surface area contributed by atoms with Crippen molar-refractivity contribution in [3.05, 3.63) is 29.8 Å². The predicted octanol–water partition coefficient (Wildman–Crippen LogP) is 3.58. The van der Waals surface area contributed by atoms with E-state index in [9.17, 15) is 18.4 Å². The second-order valence-electron chi connectivity index (χ2n) is 6.20. The normalized spacial score (nSPS) is 15.6. The number of carbonyl (C=O) groups is 2. The summed E-state index contributed by atoms with van der Waals surface area (Å²) in [7, 11) is 0. The van der Waals surface area contributed by atoms with E-state index in [0.29, 0.717) is 25.9 Å². The number of para-hydroxylation sites is 1. The number of rotatable bonds is 5. The third kappa shape index (κ3) is 4.10. The second kappa shape index (κ2) is 8.22. The summed E-state index contributed by atoms with van der Waals surface area (Å²) in [5.41, 5.74) is -0.405. The fraction of sp³-hybridized carbons (Fsp3) is 0.556. The molecule has 6 heteroatoms. The lowest BCUT2D eigenvalue weighted by Gasteiger charge is -2.33. The van der Waals surface area contributed by atoms with Crippen molar-refractivity contribution in [1.82, 2.24) is 4.90 Å². The van der Waals surface area contributed by atoms with Crippen LogP contribution < -0.4 is 5.32 Å². The van der Waals surface area contributed by atoms with E-state index in [4.69, 9.17) is 0 Å². The van der Waals surface area contributed by atoms with E-state index in [-0.39, 0.29) is 17.7 Å². The van der Waals surface area contributed by atoms with Crippen LogP contribution in [0.15, 0.2) is 18.2 Å². The number of likely N-dealkylation sites (tertiary alicyclic amines) is 1. The molecule has 0 aliphatic carbocycles. The molecule has 0 spiro atoms. The molecule has 0 radical (unpaired) electrons. The van der Waals surface area contributed by atoms with Gasteiger partial charge in [0.05, 0.1) is 0 Å². The van der Waals surface area contributed by atoms with Crippen LogP contribution in [0.1, 0.15) is 39.5 Å². The molecule has 1 N–H and O–H groups in total. The van der Waals surface area contributed by atoms with Crippen LogP contribution in [0.25, 0.3) is 0 Å². The summed E-state index contributed by atoms with van der Waals surface area (Å²) >= 11 is 0. The molecule has 2 rings (SSSR count). The van der Waals surface area contributed by atoms with Crippen LogP contribution in [0, 0.1) is 23.5 Å². The van der Waals surface area contributed by atoms with Crippen LogP contribution in [0.4, 0.5) is 14.5 Å². The number of piperidine rings is 1. The highest BCUT2D eigenvalue weighted by molar-refractivity contribution is 5.93. The average Bonchev–Trinajstić information content (AvgIpc) is 2.59. The molecule has 1 fully saturated rings. The Labute approximate surface area is 141 Å². The van der Waals surface area contributed by atoms with Gasteiger partial charge in [0.15, 0.2) is 0 Å². The topological polar surface area (TPSA) is 49.4 Å². The molecule has 0 aromatic heterocycles. The predicted molar refractivity (Wildman–Crippen MR) is 88.4 cm³/mol. The first kappa shape index (κ1) is 18.4. The zero-order valence-electron chi connectivity index (χ0n) is 14.1. The van der Waals surface area contributed by atoms with Gasteiger partial charge in [0.1, 0.15) is 17.3 Å². The Morgan fingerprint density at radius 2 is 1.71 bits per heavy atom. The van der Waals surface area contributed by atoms with Crippen molar-refractivity contribution < 1.29 is 18.4 Å². The van der Waals surface area contributed by atoms with Crippen molar-refractivity contribution in [2.24, 2.45) is 11.8 Å². The van der Waals surface area contributed by atoms with Gasteiger partial charge in [-0.15, -0.1) is 0 Å². The van der Waals surface area contributed by atoms with Crippen molar-refractivity contribution in [3.63, 3.8) is 0 Å². The second-order valence-corrected chi connectivity index (χ2v) is 6.20. The van der Waals surface area contributed by atoms with E-state index in [0.717, 1.165) is 25.0 Å². The molecule has 2 amide bonds. The fourth-order valence-electron chi connectivity index (χ4n) is 3.10. The Morgan fingerprint density at radius 1 is 1.17 bits per heavy atom. The van der Waals surface area contributed by atoms with E-state index in [1.807, 2.05) is 13.8 Å². The van der Waals surface area contributed by atoms with Gasteiger partial charge in [-0.05, 0) is 37.8 Å². The van der Waals surface area contributed by atoms with E-state index < -0.39 is 23.2 Å². The molecule has 1 aromatic carbocycles. The van der Waals surface area contributed by atoms with Gasteiger partial charge < -0.3 is 10.2 Å². The summed E-state index contributed by atoms with van der Waals surface area (Å²) in [4.78, 5) is 26.4. The molecule has 1 aliphatic rings. The van der Waals surface area contributed by atoms with Crippen molar-refractivity contribution >= 4 is 17.5 Å². The number of anilines is 1. The van der Waals surface area contributed by atoms with Gasteiger partial charge in [0.25, 0.3) is 0 Å². The third-order valence-corrected chi connectivity index (χ3v) is 4.72. The number of hydrogen-bond acceptors (Lipinski definition) is 2. The number of nitrogens with zero attached hydrogens (tertiary/aromatic N) is 1. The first-order valence-electron chi connectivity index (χ1n) is 8.51.